The number of carboxylic acids is 1. The fourth-order valence-corrected chi connectivity index (χ4v) is 5.58. The van der Waals surface area contributed by atoms with Gasteiger partial charge in [0.2, 0.25) is 5.91 Å². The zero-order valence-corrected chi connectivity index (χ0v) is 13.9. The first-order valence-corrected chi connectivity index (χ1v) is 9.23. The highest BCUT2D eigenvalue weighted by Gasteiger charge is 2.53. The van der Waals surface area contributed by atoms with E-state index in [4.69, 9.17) is 5.11 Å². The molecule has 24 heavy (non-hydrogen) atoms. The van der Waals surface area contributed by atoms with Crippen LogP contribution in [0.3, 0.4) is 0 Å². The lowest BCUT2D eigenvalue weighted by Gasteiger charge is -2.32. The van der Waals surface area contributed by atoms with Crippen LogP contribution in [-0.4, -0.2) is 23.0 Å². The highest BCUT2D eigenvalue weighted by atomic mass is 16.4. The van der Waals surface area contributed by atoms with Gasteiger partial charge in [-0.25, -0.2) is 4.79 Å². The number of amides is 1. The number of carboxylic acid groups (broad SMARTS) is 1. The van der Waals surface area contributed by atoms with Crippen LogP contribution in [0.2, 0.25) is 0 Å². The van der Waals surface area contributed by atoms with Crippen LogP contribution in [0.25, 0.3) is 0 Å². The summed E-state index contributed by atoms with van der Waals surface area (Å²) in [5.41, 5.74) is 1.30. The van der Waals surface area contributed by atoms with E-state index in [9.17, 15) is 9.59 Å². The van der Waals surface area contributed by atoms with Gasteiger partial charge in [-0.15, -0.1) is 0 Å². The minimum absolute atomic E-state index is 0.143. The molecule has 3 aliphatic carbocycles. The third-order valence-electron chi connectivity index (χ3n) is 6.62. The lowest BCUT2D eigenvalue weighted by molar-refractivity contribution is -0.122. The molecular weight excluding hydrogens is 302 g/mol. The minimum Gasteiger partial charge on any atom is -0.478 e. The number of aryl methyl sites for hydroxylation is 1. The number of carbonyl (C=O) groups is 2. The van der Waals surface area contributed by atoms with E-state index in [2.05, 4.69) is 5.32 Å². The van der Waals surface area contributed by atoms with Gasteiger partial charge >= 0.3 is 5.97 Å². The first kappa shape index (κ1) is 15.7. The van der Waals surface area contributed by atoms with Crippen LogP contribution in [0, 0.1) is 23.7 Å². The van der Waals surface area contributed by atoms with Crippen molar-refractivity contribution in [2.75, 3.05) is 0 Å². The fourth-order valence-electron chi connectivity index (χ4n) is 5.58. The molecule has 0 aromatic heterocycles. The molecule has 5 atom stereocenters. The van der Waals surface area contributed by atoms with Crippen LogP contribution >= 0.6 is 0 Å². The highest BCUT2D eigenvalue weighted by molar-refractivity contribution is 5.87. The van der Waals surface area contributed by atoms with E-state index in [0.717, 1.165) is 29.2 Å². The third kappa shape index (κ3) is 2.83. The second-order valence-electron chi connectivity index (χ2n) is 7.83. The quantitative estimate of drug-likeness (QED) is 0.872. The molecule has 0 radical (unpaired) electrons. The Balaban J connectivity index is 1.28. The number of hydrogen-bond acceptors (Lipinski definition) is 2. The Morgan fingerprint density at radius 2 is 1.79 bits per heavy atom. The predicted molar refractivity (Wildman–Crippen MR) is 90.7 cm³/mol. The van der Waals surface area contributed by atoms with Crippen LogP contribution in [0.4, 0.5) is 0 Å². The molecule has 1 aromatic carbocycles. The number of benzene rings is 1. The van der Waals surface area contributed by atoms with Crippen molar-refractivity contribution in [3.8, 4) is 0 Å². The van der Waals surface area contributed by atoms with Crippen molar-refractivity contribution in [2.24, 2.45) is 23.7 Å². The van der Waals surface area contributed by atoms with Gasteiger partial charge in [-0.1, -0.05) is 18.6 Å². The van der Waals surface area contributed by atoms with E-state index in [1.165, 1.54) is 32.1 Å². The first-order valence-electron chi connectivity index (χ1n) is 9.23. The fraction of sp³-hybridized carbons (Fsp3) is 0.600. The monoisotopic (exact) mass is 327 g/mol. The summed E-state index contributed by atoms with van der Waals surface area (Å²) < 4.78 is 0. The molecular formula is C20H25NO3. The van der Waals surface area contributed by atoms with Crippen molar-refractivity contribution in [1.29, 1.82) is 0 Å². The van der Waals surface area contributed by atoms with Gasteiger partial charge in [0.05, 0.1) is 5.56 Å². The van der Waals surface area contributed by atoms with E-state index >= 15 is 0 Å². The predicted octanol–water partition coefficient (Wildman–Crippen LogP) is 3.26. The second-order valence-corrected chi connectivity index (χ2v) is 7.83. The van der Waals surface area contributed by atoms with Crippen molar-refractivity contribution in [3.63, 3.8) is 0 Å². The smallest absolute Gasteiger partial charge is 0.335 e. The SMILES string of the molecule is O=C(CCc1ccc(C(=O)O)cc1)NC1CC2CC1C1CCCC21. The summed E-state index contributed by atoms with van der Waals surface area (Å²) in [6.07, 6.45) is 7.83. The normalized spacial score (nSPS) is 33.4. The molecule has 4 nitrogen and oxygen atoms in total. The Morgan fingerprint density at radius 3 is 2.54 bits per heavy atom. The Hall–Kier alpha value is -1.84. The van der Waals surface area contributed by atoms with Crippen LogP contribution in [0.15, 0.2) is 24.3 Å². The van der Waals surface area contributed by atoms with Crippen molar-refractivity contribution in [2.45, 2.75) is 51.0 Å². The summed E-state index contributed by atoms with van der Waals surface area (Å²) in [6.45, 7) is 0. The maximum atomic E-state index is 12.3. The summed E-state index contributed by atoms with van der Waals surface area (Å²) in [7, 11) is 0. The molecule has 3 fully saturated rings. The molecule has 2 bridgehead atoms. The van der Waals surface area contributed by atoms with Crippen molar-refractivity contribution in [3.05, 3.63) is 35.4 Å². The van der Waals surface area contributed by atoms with E-state index in [-0.39, 0.29) is 11.5 Å². The zero-order valence-electron chi connectivity index (χ0n) is 13.9. The van der Waals surface area contributed by atoms with Gasteiger partial charge in [-0.05, 0) is 73.5 Å². The van der Waals surface area contributed by atoms with Gasteiger partial charge in [-0.3, -0.25) is 4.79 Å². The standard InChI is InChI=1S/C20H25NO3/c22-19(9-6-12-4-7-13(8-5-12)20(23)24)21-18-11-14-10-17(18)16-3-1-2-15(14)16/h4-5,7-8,14-18H,1-3,6,9-11H2,(H,21,22)(H,23,24). The summed E-state index contributed by atoms with van der Waals surface area (Å²) in [4.78, 5) is 23.2. The maximum absolute atomic E-state index is 12.3. The molecule has 0 heterocycles. The van der Waals surface area contributed by atoms with E-state index in [1.54, 1.807) is 24.3 Å². The molecule has 1 aromatic rings. The summed E-state index contributed by atoms with van der Waals surface area (Å²) in [6, 6.07) is 7.21. The molecule has 0 spiro atoms. The number of rotatable bonds is 5. The minimum atomic E-state index is -0.916. The van der Waals surface area contributed by atoms with E-state index < -0.39 is 5.97 Å². The van der Waals surface area contributed by atoms with E-state index in [1.807, 2.05) is 0 Å². The molecule has 3 saturated carbocycles. The lowest BCUT2D eigenvalue weighted by atomic mass is 9.79. The molecule has 1 amide bonds. The molecule has 5 unspecified atom stereocenters. The second kappa shape index (κ2) is 6.23. The number of nitrogens with one attached hydrogen (secondary N) is 1. The lowest BCUT2D eigenvalue weighted by Crippen LogP contribution is -2.42. The van der Waals surface area contributed by atoms with Gasteiger partial charge < -0.3 is 10.4 Å². The molecule has 128 valence electrons. The Bertz CT molecular complexity index is 639. The molecule has 0 aliphatic heterocycles. The van der Waals surface area contributed by atoms with Crippen LogP contribution in [-0.2, 0) is 11.2 Å². The van der Waals surface area contributed by atoms with Crippen LogP contribution < -0.4 is 5.32 Å². The topological polar surface area (TPSA) is 66.4 Å². The van der Waals surface area contributed by atoms with Gasteiger partial charge in [0, 0.05) is 12.5 Å². The third-order valence-corrected chi connectivity index (χ3v) is 6.62. The largest absolute Gasteiger partial charge is 0.478 e. The molecule has 2 N–H and O–H groups in total. The van der Waals surface area contributed by atoms with Crippen LogP contribution in [0.1, 0.15) is 54.4 Å². The number of hydrogen-bond donors (Lipinski definition) is 2. The highest BCUT2D eigenvalue weighted by Crippen LogP contribution is 2.58. The molecule has 3 aliphatic rings. The van der Waals surface area contributed by atoms with Crippen molar-refractivity contribution >= 4 is 11.9 Å². The van der Waals surface area contributed by atoms with E-state index in [0.29, 0.717) is 18.9 Å². The summed E-state index contributed by atoms with van der Waals surface area (Å²) >= 11 is 0. The molecule has 4 heteroatoms. The Morgan fingerprint density at radius 1 is 1.04 bits per heavy atom. The maximum Gasteiger partial charge on any atom is 0.335 e. The van der Waals surface area contributed by atoms with Crippen molar-refractivity contribution < 1.29 is 14.7 Å². The number of aromatic carboxylic acids is 1. The van der Waals surface area contributed by atoms with Crippen molar-refractivity contribution in [1.82, 2.24) is 5.32 Å². The zero-order chi connectivity index (χ0) is 16.7. The first-order chi connectivity index (χ1) is 11.6. The van der Waals surface area contributed by atoms with Gasteiger partial charge in [-0.2, -0.15) is 0 Å². The van der Waals surface area contributed by atoms with Crippen LogP contribution in [0.5, 0.6) is 0 Å². The Labute approximate surface area is 142 Å². The molecule has 0 saturated heterocycles. The van der Waals surface area contributed by atoms with Gasteiger partial charge in [0.15, 0.2) is 0 Å². The number of fused-ring (bicyclic) bond motifs is 5. The summed E-state index contributed by atoms with van der Waals surface area (Å²) in [5.74, 6) is 2.64. The Kier molecular flexibility index (Phi) is 4.07. The summed E-state index contributed by atoms with van der Waals surface area (Å²) in [5, 5.41) is 12.2. The average molecular weight is 327 g/mol. The number of carbonyl (C=O) groups excluding carboxylic acids is 1. The molecule has 4 rings (SSSR count). The van der Waals surface area contributed by atoms with Gasteiger partial charge in [0.25, 0.3) is 0 Å². The average Bonchev–Trinajstić information content (AvgIpc) is 3.26. The van der Waals surface area contributed by atoms with Gasteiger partial charge in [0.1, 0.15) is 0 Å².